The highest BCUT2D eigenvalue weighted by molar-refractivity contribution is 6.30. The Bertz CT molecular complexity index is 1080. The Kier molecular flexibility index (Phi) is 6.38. The molecule has 2 aromatic heterocycles. The summed E-state index contributed by atoms with van der Waals surface area (Å²) in [7, 11) is 0. The molecule has 0 spiro atoms. The average Bonchev–Trinajstić information content (AvgIpc) is 2.79. The molecule has 0 radical (unpaired) electrons. The maximum Gasteiger partial charge on any atom is 0.126 e. The van der Waals surface area contributed by atoms with Gasteiger partial charge in [-0.05, 0) is 53.9 Å². The first-order valence-electron chi connectivity index (χ1n) is 9.90. The minimum atomic E-state index is -0.00508. The van der Waals surface area contributed by atoms with E-state index in [0.29, 0.717) is 11.6 Å². The lowest BCUT2D eigenvalue weighted by Crippen LogP contribution is -2.31. The van der Waals surface area contributed by atoms with Gasteiger partial charge in [0, 0.05) is 41.1 Å². The van der Waals surface area contributed by atoms with Crippen molar-refractivity contribution in [2.45, 2.75) is 12.5 Å². The van der Waals surface area contributed by atoms with Crippen molar-refractivity contribution in [3.8, 4) is 22.4 Å². The minimum absolute atomic E-state index is 0.00508. The van der Waals surface area contributed by atoms with Gasteiger partial charge in [0.25, 0.3) is 0 Å². The number of pyridine rings is 2. The summed E-state index contributed by atoms with van der Waals surface area (Å²) < 4.78 is 0. The monoisotopic (exact) mass is 414 g/mol. The van der Waals surface area contributed by atoms with Gasteiger partial charge in [0.15, 0.2) is 0 Å². The minimum Gasteiger partial charge on any atom is -0.368 e. The second-order valence-corrected chi connectivity index (χ2v) is 7.60. The van der Waals surface area contributed by atoms with Crippen LogP contribution in [0.5, 0.6) is 0 Å². The fourth-order valence-corrected chi connectivity index (χ4v) is 3.50. The van der Waals surface area contributed by atoms with Crippen LogP contribution < -0.4 is 11.1 Å². The summed E-state index contributed by atoms with van der Waals surface area (Å²) in [6, 6.07) is 26.1. The highest BCUT2D eigenvalue weighted by Gasteiger charge is 2.12. The van der Waals surface area contributed by atoms with Crippen LogP contribution in [0.3, 0.4) is 0 Å². The highest BCUT2D eigenvalue weighted by atomic mass is 35.5. The van der Waals surface area contributed by atoms with Crippen LogP contribution in [0.15, 0.2) is 91.3 Å². The molecule has 0 unspecified atom stereocenters. The third kappa shape index (κ3) is 5.03. The van der Waals surface area contributed by atoms with Gasteiger partial charge < -0.3 is 11.1 Å². The molecule has 0 aliphatic carbocycles. The summed E-state index contributed by atoms with van der Waals surface area (Å²) in [5.41, 5.74) is 11.6. The van der Waals surface area contributed by atoms with Crippen LogP contribution in [0.1, 0.15) is 5.56 Å². The molecule has 2 aromatic carbocycles. The van der Waals surface area contributed by atoms with Gasteiger partial charge in [-0.25, -0.2) is 4.98 Å². The van der Waals surface area contributed by atoms with Crippen molar-refractivity contribution < 1.29 is 0 Å². The summed E-state index contributed by atoms with van der Waals surface area (Å²) >= 11 is 6.06. The SMILES string of the molecule is N[C@H](CNc1ccc(-c2ccc(Cl)cc2)c(-c2ccncc2)n1)Cc1ccccc1. The zero-order chi connectivity index (χ0) is 20.8. The highest BCUT2D eigenvalue weighted by Crippen LogP contribution is 2.32. The van der Waals surface area contributed by atoms with E-state index in [-0.39, 0.29) is 6.04 Å². The van der Waals surface area contributed by atoms with Crippen LogP contribution in [0, 0.1) is 0 Å². The molecular formula is C25H23ClN4. The molecule has 0 aliphatic heterocycles. The number of halogens is 1. The van der Waals surface area contributed by atoms with Gasteiger partial charge in [-0.15, -0.1) is 0 Å². The van der Waals surface area contributed by atoms with E-state index >= 15 is 0 Å². The molecule has 0 aliphatic rings. The number of nitrogens with one attached hydrogen (secondary N) is 1. The van der Waals surface area contributed by atoms with Crippen LogP contribution in [-0.2, 0) is 6.42 Å². The Morgan fingerprint density at radius 1 is 0.833 bits per heavy atom. The van der Waals surface area contributed by atoms with Gasteiger partial charge in [-0.1, -0.05) is 54.1 Å². The largest absolute Gasteiger partial charge is 0.368 e. The number of aromatic nitrogens is 2. The Labute approximate surface area is 181 Å². The molecule has 0 saturated carbocycles. The maximum atomic E-state index is 6.33. The Hall–Kier alpha value is -3.21. The van der Waals surface area contributed by atoms with E-state index in [1.807, 2.05) is 60.7 Å². The predicted molar refractivity (Wildman–Crippen MR) is 125 cm³/mol. The van der Waals surface area contributed by atoms with Crippen molar-refractivity contribution in [1.29, 1.82) is 0 Å². The van der Waals surface area contributed by atoms with Crippen LogP contribution in [0.2, 0.25) is 5.02 Å². The van der Waals surface area contributed by atoms with Gasteiger partial charge in [-0.3, -0.25) is 4.98 Å². The molecule has 150 valence electrons. The van der Waals surface area contributed by atoms with E-state index in [1.54, 1.807) is 12.4 Å². The molecule has 0 amide bonds. The van der Waals surface area contributed by atoms with Crippen molar-refractivity contribution in [1.82, 2.24) is 9.97 Å². The summed E-state index contributed by atoms with van der Waals surface area (Å²) in [6.07, 6.45) is 4.37. The third-order valence-electron chi connectivity index (χ3n) is 4.89. The molecule has 4 aromatic rings. The molecule has 0 saturated heterocycles. The first kappa shape index (κ1) is 20.1. The second kappa shape index (κ2) is 9.53. The number of hydrogen-bond donors (Lipinski definition) is 2. The summed E-state index contributed by atoms with van der Waals surface area (Å²) in [4.78, 5) is 9.02. The first-order valence-corrected chi connectivity index (χ1v) is 10.3. The van der Waals surface area contributed by atoms with Gasteiger partial charge in [0.1, 0.15) is 5.82 Å². The van der Waals surface area contributed by atoms with Crippen molar-refractivity contribution in [2.75, 3.05) is 11.9 Å². The number of nitrogens with two attached hydrogens (primary N) is 1. The molecule has 4 nitrogen and oxygen atoms in total. The number of anilines is 1. The third-order valence-corrected chi connectivity index (χ3v) is 5.14. The number of nitrogens with zero attached hydrogens (tertiary/aromatic N) is 2. The molecule has 30 heavy (non-hydrogen) atoms. The maximum absolute atomic E-state index is 6.33. The van der Waals surface area contributed by atoms with Gasteiger partial charge in [-0.2, -0.15) is 0 Å². The number of rotatable bonds is 7. The molecule has 0 fully saturated rings. The standard InChI is InChI=1S/C25H23ClN4/c26-21-8-6-19(7-9-21)23-10-11-24(30-25(23)20-12-14-28-15-13-20)29-17-22(27)16-18-4-2-1-3-5-18/h1-15,22H,16-17,27H2,(H,29,30)/t22-/m0/s1. The Morgan fingerprint density at radius 3 is 2.30 bits per heavy atom. The normalized spacial score (nSPS) is 11.8. The quantitative estimate of drug-likeness (QED) is 0.422. The number of hydrogen-bond acceptors (Lipinski definition) is 4. The van der Waals surface area contributed by atoms with Crippen molar-refractivity contribution in [3.05, 3.63) is 102 Å². The molecule has 1 atom stereocenters. The summed E-state index contributed by atoms with van der Waals surface area (Å²) in [5.74, 6) is 0.794. The lowest BCUT2D eigenvalue weighted by Gasteiger charge is -2.16. The van der Waals surface area contributed by atoms with E-state index in [2.05, 4.69) is 28.5 Å². The fourth-order valence-electron chi connectivity index (χ4n) is 3.37. The van der Waals surface area contributed by atoms with E-state index in [4.69, 9.17) is 22.3 Å². The Morgan fingerprint density at radius 2 is 1.57 bits per heavy atom. The van der Waals surface area contributed by atoms with E-state index in [0.717, 1.165) is 34.6 Å². The molecule has 4 rings (SSSR count). The van der Waals surface area contributed by atoms with E-state index in [1.165, 1.54) is 5.56 Å². The zero-order valence-electron chi connectivity index (χ0n) is 16.5. The van der Waals surface area contributed by atoms with E-state index in [9.17, 15) is 0 Å². The van der Waals surface area contributed by atoms with Crippen molar-refractivity contribution in [3.63, 3.8) is 0 Å². The fraction of sp³-hybridized carbons (Fsp3) is 0.120. The summed E-state index contributed by atoms with van der Waals surface area (Å²) in [5, 5.41) is 4.10. The van der Waals surface area contributed by atoms with Crippen molar-refractivity contribution >= 4 is 17.4 Å². The molecule has 3 N–H and O–H groups in total. The second-order valence-electron chi connectivity index (χ2n) is 7.17. The lowest BCUT2D eigenvalue weighted by molar-refractivity contribution is 0.698. The van der Waals surface area contributed by atoms with Crippen LogP contribution in [0.4, 0.5) is 5.82 Å². The predicted octanol–water partition coefficient (Wildman–Crippen LogP) is 5.45. The topological polar surface area (TPSA) is 63.8 Å². The van der Waals surface area contributed by atoms with Gasteiger partial charge >= 0.3 is 0 Å². The van der Waals surface area contributed by atoms with Crippen LogP contribution >= 0.6 is 11.6 Å². The lowest BCUT2D eigenvalue weighted by atomic mass is 10.00. The van der Waals surface area contributed by atoms with Crippen molar-refractivity contribution in [2.24, 2.45) is 5.73 Å². The molecule has 5 heteroatoms. The van der Waals surface area contributed by atoms with E-state index < -0.39 is 0 Å². The molecule has 0 bridgehead atoms. The summed E-state index contributed by atoms with van der Waals surface area (Å²) in [6.45, 7) is 0.637. The molecular weight excluding hydrogens is 392 g/mol. The number of benzene rings is 2. The zero-order valence-corrected chi connectivity index (χ0v) is 17.3. The van der Waals surface area contributed by atoms with Crippen LogP contribution in [-0.4, -0.2) is 22.6 Å². The molecule has 2 heterocycles. The van der Waals surface area contributed by atoms with Gasteiger partial charge in [0.2, 0.25) is 0 Å². The Balaban J connectivity index is 1.57. The van der Waals surface area contributed by atoms with Gasteiger partial charge in [0.05, 0.1) is 5.69 Å². The average molecular weight is 415 g/mol. The smallest absolute Gasteiger partial charge is 0.126 e. The first-order chi connectivity index (χ1) is 14.7. The van der Waals surface area contributed by atoms with Crippen LogP contribution in [0.25, 0.3) is 22.4 Å².